The maximum Gasteiger partial charge on any atom is 0.0934 e. The third-order valence-corrected chi connectivity index (χ3v) is 4.07. The number of thiophene rings is 1. The van der Waals surface area contributed by atoms with Crippen LogP contribution in [0.3, 0.4) is 0 Å². The van der Waals surface area contributed by atoms with Gasteiger partial charge in [-0.25, -0.2) is 0 Å². The van der Waals surface area contributed by atoms with Gasteiger partial charge in [-0.15, -0.1) is 11.3 Å². The van der Waals surface area contributed by atoms with E-state index in [2.05, 4.69) is 32.2 Å². The molecule has 0 aromatic carbocycles. The van der Waals surface area contributed by atoms with Gasteiger partial charge in [-0.05, 0) is 29.9 Å². The van der Waals surface area contributed by atoms with E-state index in [9.17, 15) is 0 Å². The minimum atomic E-state index is 0.350. The molecule has 1 aliphatic carbocycles. The van der Waals surface area contributed by atoms with Crippen LogP contribution in [0, 0.1) is 5.41 Å². The van der Waals surface area contributed by atoms with E-state index < -0.39 is 0 Å². The van der Waals surface area contributed by atoms with Crippen molar-refractivity contribution in [1.82, 2.24) is 5.32 Å². The van der Waals surface area contributed by atoms with Gasteiger partial charge in [0, 0.05) is 17.5 Å². The molecule has 1 unspecified atom stereocenters. The summed E-state index contributed by atoms with van der Waals surface area (Å²) < 4.78 is 0.933. The minimum Gasteiger partial charge on any atom is -0.309 e. The first-order valence-electron chi connectivity index (χ1n) is 5.47. The zero-order valence-corrected chi connectivity index (χ0v) is 11.1. The fourth-order valence-electron chi connectivity index (χ4n) is 1.97. The first kappa shape index (κ1) is 11.4. The normalized spacial score (nSPS) is 20.7. The molecular formula is C12H18ClNS. The van der Waals surface area contributed by atoms with Crippen molar-refractivity contribution in [2.75, 3.05) is 6.54 Å². The van der Waals surface area contributed by atoms with Crippen molar-refractivity contribution in [3.63, 3.8) is 0 Å². The lowest BCUT2D eigenvalue weighted by Gasteiger charge is -2.22. The Kier molecular flexibility index (Phi) is 3.11. The molecule has 0 saturated heterocycles. The third-order valence-electron chi connectivity index (χ3n) is 2.73. The predicted molar refractivity (Wildman–Crippen MR) is 67.8 cm³/mol. The van der Waals surface area contributed by atoms with E-state index in [1.54, 1.807) is 11.3 Å². The number of aryl methyl sites for hydroxylation is 1. The number of rotatable bonds is 2. The van der Waals surface area contributed by atoms with Crippen LogP contribution in [0.5, 0.6) is 0 Å². The molecule has 0 saturated carbocycles. The molecule has 3 heteroatoms. The van der Waals surface area contributed by atoms with Crippen molar-refractivity contribution >= 4 is 22.9 Å². The molecule has 2 rings (SSSR count). The second-order valence-electron chi connectivity index (χ2n) is 5.46. The molecule has 1 N–H and O–H groups in total. The van der Waals surface area contributed by atoms with Crippen molar-refractivity contribution in [2.24, 2.45) is 5.41 Å². The summed E-state index contributed by atoms with van der Waals surface area (Å²) in [4.78, 5) is 1.48. The smallest absolute Gasteiger partial charge is 0.0934 e. The van der Waals surface area contributed by atoms with Crippen LogP contribution >= 0.6 is 22.9 Å². The van der Waals surface area contributed by atoms with E-state index in [1.165, 1.54) is 23.3 Å². The first-order valence-corrected chi connectivity index (χ1v) is 6.67. The van der Waals surface area contributed by atoms with Crippen molar-refractivity contribution in [2.45, 2.75) is 39.7 Å². The van der Waals surface area contributed by atoms with Crippen molar-refractivity contribution < 1.29 is 0 Å². The summed E-state index contributed by atoms with van der Waals surface area (Å²) in [5.74, 6) is 0. The van der Waals surface area contributed by atoms with Crippen LogP contribution in [0.25, 0.3) is 0 Å². The van der Waals surface area contributed by atoms with Gasteiger partial charge in [0.25, 0.3) is 0 Å². The summed E-state index contributed by atoms with van der Waals surface area (Å²) in [6.45, 7) is 7.84. The van der Waals surface area contributed by atoms with Gasteiger partial charge in [-0.3, -0.25) is 0 Å². The highest BCUT2D eigenvalue weighted by Crippen LogP contribution is 2.39. The van der Waals surface area contributed by atoms with Crippen LogP contribution in [-0.2, 0) is 6.42 Å². The second kappa shape index (κ2) is 4.08. The van der Waals surface area contributed by atoms with E-state index in [4.69, 9.17) is 11.6 Å². The highest BCUT2D eigenvalue weighted by Gasteiger charge is 2.25. The zero-order chi connectivity index (χ0) is 11.1. The summed E-state index contributed by atoms with van der Waals surface area (Å²) >= 11 is 7.76. The van der Waals surface area contributed by atoms with Crippen LogP contribution < -0.4 is 5.32 Å². The summed E-state index contributed by atoms with van der Waals surface area (Å²) in [6, 6.07) is 2.66. The quantitative estimate of drug-likeness (QED) is 0.827. The van der Waals surface area contributed by atoms with Crippen LogP contribution in [0.4, 0.5) is 0 Å². The topological polar surface area (TPSA) is 12.0 Å². The van der Waals surface area contributed by atoms with E-state index in [1.807, 2.05) is 0 Å². The molecule has 1 aliphatic rings. The zero-order valence-electron chi connectivity index (χ0n) is 9.56. The Hall–Kier alpha value is -0.0500. The maximum absolute atomic E-state index is 6.02. The highest BCUT2D eigenvalue weighted by molar-refractivity contribution is 7.16. The van der Waals surface area contributed by atoms with Gasteiger partial charge in [0.15, 0.2) is 0 Å². The monoisotopic (exact) mass is 243 g/mol. The Morgan fingerprint density at radius 1 is 1.53 bits per heavy atom. The van der Waals surface area contributed by atoms with E-state index in [0.29, 0.717) is 11.5 Å². The van der Waals surface area contributed by atoms with Gasteiger partial charge in [0.1, 0.15) is 0 Å². The minimum absolute atomic E-state index is 0.350. The standard InChI is InChI=1S/C12H18ClNS/c1-12(2,3)7-14-9-4-5-10-8(9)6-11(13)15-10/h6,9,14H,4-5,7H2,1-3H3. The number of hydrogen-bond donors (Lipinski definition) is 1. The first-order chi connectivity index (χ1) is 6.96. The molecule has 15 heavy (non-hydrogen) atoms. The number of hydrogen-bond acceptors (Lipinski definition) is 2. The molecule has 0 aliphatic heterocycles. The van der Waals surface area contributed by atoms with Crippen molar-refractivity contribution in [3.05, 3.63) is 20.8 Å². The van der Waals surface area contributed by atoms with Crippen molar-refractivity contribution in [3.8, 4) is 0 Å². The van der Waals surface area contributed by atoms with Gasteiger partial charge in [0.2, 0.25) is 0 Å². The lowest BCUT2D eigenvalue weighted by atomic mass is 9.96. The Balaban J connectivity index is 2.01. The van der Waals surface area contributed by atoms with E-state index in [-0.39, 0.29) is 0 Å². The maximum atomic E-state index is 6.02. The summed E-state index contributed by atoms with van der Waals surface area (Å²) in [6.07, 6.45) is 2.42. The lowest BCUT2D eigenvalue weighted by molar-refractivity contribution is 0.352. The van der Waals surface area contributed by atoms with Gasteiger partial charge < -0.3 is 5.32 Å². The fourth-order valence-corrected chi connectivity index (χ4v) is 3.33. The lowest BCUT2D eigenvalue weighted by Crippen LogP contribution is -2.29. The average molecular weight is 244 g/mol. The SMILES string of the molecule is CC(C)(C)CNC1CCc2sc(Cl)cc21. The largest absolute Gasteiger partial charge is 0.309 e. The molecule has 0 spiro atoms. The van der Waals surface area contributed by atoms with Crippen LogP contribution in [0.2, 0.25) is 4.34 Å². The number of nitrogens with one attached hydrogen (secondary N) is 1. The molecular weight excluding hydrogens is 226 g/mol. The molecule has 0 fully saturated rings. The Bertz CT molecular complexity index is 351. The van der Waals surface area contributed by atoms with Crippen LogP contribution in [0.15, 0.2) is 6.07 Å². The molecule has 1 atom stereocenters. The van der Waals surface area contributed by atoms with Crippen molar-refractivity contribution in [1.29, 1.82) is 0 Å². The van der Waals surface area contributed by atoms with Gasteiger partial charge in [-0.2, -0.15) is 0 Å². The van der Waals surface area contributed by atoms with E-state index in [0.717, 1.165) is 10.9 Å². The summed E-state index contributed by atoms with van der Waals surface area (Å²) in [5, 5.41) is 3.64. The molecule has 0 radical (unpaired) electrons. The predicted octanol–water partition coefficient (Wildman–Crippen LogP) is 4.02. The molecule has 1 heterocycles. The van der Waals surface area contributed by atoms with Crippen LogP contribution in [0.1, 0.15) is 43.7 Å². The van der Waals surface area contributed by atoms with Gasteiger partial charge in [0.05, 0.1) is 4.34 Å². The van der Waals surface area contributed by atoms with Gasteiger partial charge in [-0.1, -0.05) is 32.4 Å². The van der Waals surface area contributed by atoms with Gasteiger partial charge >= 0.3 is 0 Å². The molecule has 84 valence electrons. The highest BCUT2D eigenvalue weighted by atomic mass is 35.5. The van der Waals surface area contributed by atoms with Crippen LogP contribution in [-0.4, -0.2) is 6.54 Å². The molecule has 1 aromatic rings. The Morgan fingerprint density at radius 3 is 2.93 bits per heavy atom. The summed E-state index contributed by atoms with van der Waals surface area (Å²) in [7, 11) is 0. The fraction of sp³-hybridized carbons (Fsp3) is 0.667. The third kappa shape index (κ3) is 2.74. The second-order valence-corrected chi connectivity index (χ2v) is 7.23. The Labute approximate surface area is 101 Å². The molecule has 0 bridgehead atoms. The molecule has 1 nitrogen and oxygen atoms in total. The van der Waals surface area contributed by atoms with E-state index >= 15 is 0 Å². The number of halogens is 1. The summed E-state index contributed by atoms with van der Waals surface area (Å²) in [5.41, 5.74) is 1.79. The average Bonchev–Trinajstić information content (AvgIpc) is 2.58. The Morgan fingerprint density at radius 2 is 2.27 bits per heavy atom. The number of fused-ring (bicyclic) bond motifs is 1. The molecule has 0 amide bonds. The molecule has 1 aromatic heterocycles.